The molecule has 24 nitrogen and oxygen atoms in total. The van der Waals surface area contributed by atoms with E-state index in [1.807, 2.05) is 6.92 Å². The van der Waals surface area contributed by atoms with Crippen molar-refractivity contribution in [1.29, 1.82) is 0 Å². The Balaban J connectivity index is 1.24. The van der Waals surface area contributed by atoms with Crippen molar-refractivity contribution >= 4 is 70.9 Å². The van der Waals surface area contributed by atoms with Gasteiger partial charge in [0.25, 0.3) is 0 Å². The van der Waals surface area contributed by atoms with Crippen molar-refractivity contribution in [2.24, 2.45) is 23.7 Å². The van der Waals surface area contributed by atoms with E-state index in [1.54, 1.807) is 32.6 Å². The van der Waals surface area contributed by atoms with Crippen molar-refractivity contribution in [2.45, 2.75) is 262 Å². The number of carbonyl (C=O) groups is 12. The predicted molar refractivity (Wildman–Crippen MR) is 346 cm³/mol. The standard InChI is InChI=1S/C68H111FN12O12/c1-13-43(4)56-65(91)75(9)45(6)60(86)81-38-32-51(81)63(89)76(10)52(39-47-23-16-14-17-24-47)62(88)73(7)41-54(82)70-49(31-28-46-26-29-48(69)30-27-46)61(87)80-37-22-25-50(80)59(85)72-68(33-18-19-34-68)67(93)78(12)57(42(2)3)66(92)77(11)53(64(90)79-35-20-15-21-36-79)40-55(83)74(8)44(5)58(84)71-56/h42-53,56-57H,13-41H2,1-12H3,(H,70,82)(H,71,84)(H,72,85)/t43-,44-,45-,46?,48?,49-,50-,51-,52-,53-,56-,57-/m0/s1. The van der Waals surface area contributed by atoms with Gasteiger partial charge in [-0.1, -0.05) is 79.1 Å². The first-order chi connectivity index (χ1) is 44.0. The number of nitrogens with zero attached hydrogens (tertiary/aromatic N) is 9. The number of hydrogen-bond donors (Lipinski definition) is 3. The number of nitrogens with one attached hydrogen (secondary N) is 3. The molecule has 0 radical (unpaired) electrons. The minimum atomic E-state index is -1.49. The number of likely N-dealkylation sites (tertiary alicyclic amines) is 1. The minimum Gasteiger partial charge on any atom is -0.343 e. The second-order valence-electron chi connectivity index (χ2n) is 28.9. The Kier molecular flexibility index (Phi) is 26.1. The molecule has 0 aromatic carbocycles. The maximum Gasteiger partial charge on any atom is 0.248 e. The summed E-state index contributed by atoms with van der Waals surface area (Å²) >= 11 is 0. The van der Waals surface area contributed by atoms with E-state index in [9.17, 15) is 47.5 Å². The smallest absolute Gasteiger partial charge is 0.248 e. The fraction of sp³-hybridized carbons (Fsp3) is 0.824. The van der Waals surface area contributed by atoms with E-state index in [4.69, 9.17) is 0 Å². The van der Waals surface area contributed by atoms with Gasteiger partial charge >= 0.3 is 0 Å². The van der Waals surface area contributed by atoms with Gasteiger partial charge in [0.05, 0.1) is 13.0 Å². The molecule has 3 saturated carbocycles. The van der Waals surface area contributed by atoms with Gasteiger partial charge in [0, 0.05) is 68.5 Å². The van der Waals surface area contributed by atoms with Crippen molar-refractivity contribution in [3.05, 3.63) is 0 Å². The second kappa shape index (κ2) is 32.8. The minimum absolute atomic E-state index is 0.0834. The van der Waals surface area contributed by atoms with E-state index in [1.165, 1.54) is 88.4 Å². The van der Waals surface area contributed by atoms with Gasteiger partial charge < -0.3 is 60.0 Å². The largest absolute Gasteiger partial charge is 0.343 e. The summed E-state index contributed by atoms with van der Waals surface area (Å²) < 4.78 is 14.4. The summed E-state index contributed by atoms with van der Waals surface area (Å²) in [5, 5.41) is 8.88. The average Bonchev–Trinajstić information content (AvgIpc) is 1.77. The normalized spacial score (nSPS) is 31.4. The van der Waals surface area contributed by atoms with Crippen molar-refractivity contribution in [1.82, 2.24) is 60.0 Å². The van der Waals surface area contributed by atoms with E-state index in [-0.39, 0.29) is 57.0 Å². The predicted octanol–water partition coefficient (Wildman–Crippen LogP) is 4.01. The van der Waals surface area contributed by atoms with Gasteiger partial charge in [0.2, 0.25) is 70.9 Å². The van der Waals surface area contributed by atoms with Gasteiger partial charge in [-0.3, -0.25) is 57.5 Å². The molecule has 4 saturated heterocycles. The number of halogens is 1. The Hall–Kier alpha value is -6.43. The van der Waals surface area contributed by atoms with Crippen molar-refractivity contribution in [3.63, 3.8) is 0 Å². The number of carbonyl (C=O) groups excluding carboxylic acids is 12. The molecular formula is C68H111FN12O12. The van der Waals surface area contributed by atoms with Crippen LogP contribution in [0.3, 0.4) is 0 Å². The van der Waals surface area contributed by atoms with E-state index < -0.39 is 162 Å². The van der Waals surface area contributed by atoms with Gasteiger partial charge in [-0.05, 0) is 134 Å². The number of likely N-dealkylation sites (N-methyl/N-ethyl adjacent to an activating group) is 6. The lowest BCUT2D eigenvalue weighted by Gasteiger charge is -2.45. The average molecular weight is 1310 g/mol. The van der Waals surface area contributed by atoms with Gasteiger partial charge in [-0.25, -0.2) is 4.39 Å². The maximum absolute atomic E-state index is 15.3. The van der Waals surface area contributed by atoms with Crippen LogP contribution in [0.5, 0.6) is 0 Å². The maximum atomic E-state index is 15.3. The molecule has 7 rings (SSSR count). The van der Waals surface area contributed by atoms with Crippen LogP contribution in [-0.2, 0) is 57.5 Å². The summed E-state index contributed by atoms with van der Waals surface area (Å²) in [6, 6.07) is -10.2. The summed E-state index contributed by atoms with van der Waals surface area (Å²) in [6.07, 6.45) is 11.5. The molecule has 3 N–H and O–H groups in total. The van der Waals surface area contributed by atoms with Crippen molar-refractivity contribution < 1.29 is 61.9 Å². The van der Waals surface area contributed by atoms with Gasteiger partial charge in [-0.15, -0.1) is 0 Å². The zero-order valence-corrected chi connectivity index (χ0v) is 57.9. The molecule has 0 aromatic heterocycles. The molecule has 7 aliphatic rings. The Bertz CT molecular complexity index is 2710. The van der Waals surface area contributed by atoms with Crippen LogP contribution in [0.15, 0.2) is 0 Å². The molecule has 1 spiro atoms. The molecule has 4 heterocycles. The highest BCUT2D eigenvalue weighted by Gasteiger charge is 2.51. The highest BCUT2D eigenvalue weighted by molar-refractivity contribution is 6.01. The van der Waals surface area contributed by atoms with Crippen LogP contribution in [0, 0.1) is 23.7 Å². The van der Waals surface area contributed by atoms with Crippen LogP contribution >= 0.6 is 0 Å². The first-order valence-electron chi connectivity index (χ1n) is 35.1. The summed E-state index contributed by atoms with van der Waals surface area (Å²) in [5.74, 6) is -7.63. The number of amides is 12. The lowest BCUT2D eigenvalue weighted by Crippen LogP contribution is -2.65. The topological polar surface area (TPSA) is 270 Å². The van der Waals surface area contributed by atoms with Crippen LogP contribution in [0.1, 0.15) is 196 Å². The molecule has 93 heavy (non-hydrogen) atoms. The zero-order valence-electron chi connectivity index (χ0n) is 57.9. The summed E-state index contributed by atoms with van der Waals surface area (Å²) in [6.45, 7) is 10.9. The molecular weight excluding hydrogens is 1200 g/mol. The summed E-state index contributed by atoms with van der Waals surface area (Å²) in [4.78, 5) is 190. The first-order valence-corrected chi connectivity index (χ1v) is 35.1. The van der Waals surface area contributed by atoms with E-state index in [2.05, 4.69) is 16.0 Å². The number of fused-ring (bicyclic) bond motifs is 2. The zero-order chi connectivity index (χ0) is 68.3. The van der Waals surface area contributed by atoms with Crippen molar-refractivity contribution in [2.75, 3.05) is 75.0 Å². The van der Waals surface area contributed by atoms with Crippen LogP contribution in [0.2, 0.25) is 0 Å². The summed E-state index contributed by atoms with van der Waals surface area (Å²) in [7, 11) is 8.79. The second-order valence-corrected chi connectivity index (χ2v) is 28.9. The lowest BCUT2D eigenvalue weighted by atomic mass is 9.84. The molecule has 0 aromatic rings. The van der Waals surface area contributed by atoms with Gasteiger partial charge in [0.1, 0.15) is 66.1 Å². The highest BCUT2D eigenvalue weighted by Crippen LogP contribution is 2.36. The van der Waals surface area contributed by atoms with Crippen LogP contribution < -0.4 is 16.0 Å². The number of hydrogen-bond acceptors (Lipinski definition) is 12. The molecule has 0 bridgehead atoms. The van der Waals surface area contributed by atoms with E-state index in [0.717, 1.165) is 38.5 Å². The fourth-order valence-corrected chi connectivity index (χ4v) is 15.4. The van der Waals surface area contributed by atoms with E-state index in [0.29, 0.717) is 90.1 Å². The molecule has 4 aliphatic heterocycles. The fourth-order valence-electron chi connectivity index (χ4n) is 15.4. The monoisotopic (exact) mass is 1310 g/mol. The van der Waals surface area contributed by atoms with Gasteiger partial charge in [-0.2, -0.15) is 0 Å². The van der Waals surface area contributed by atoms with Crippen LogP contribution in [0.4, 0.5) is 4.39 Å². The van der Waals surface area contributed by atoms with Crippen molar-refractivity contribution in [3.8, 4) is 0 Å². The van der Waals surface area contributed by atoms with Crippen LogP contribution in [-0.4, -0.2) is 256 Å². The first kappa shape index (κ1) is 74.0. The Morgan fingerprint density at radius 3 is 1.78 bits per heavy atom. The third-order valence-electron chi connectivity index (χ3n) is 22.2. The number of rotatable bonds is 9. The molecule has 10 atom stereocenters. The lowest BCUT2D eigenvalue weighted by molar-refractivity contribution is -0.160. The molecule has 0 unspecified atom stereocenters. The quantitative estimate of drug-likeness (QED) is 0.296. The van der Waals surface area contributed by atoms with Gasteiger partial charge in [0.15, 0.2) is 0 Å². The van der Waals surface area contributed by atoms with Crippen LogP contribution in [0.25, 0.3) is 0 Å². The molecule has 522 valence electrons. The molecule has 12 amide bonds. The Morgan fingerprint density at radius 1 is 0.559 bits per heavy atom. The third kappa shape index (κ3) is 17.4. The van der Waals surface area contributed by atoms with E-state index >= 15 is 14.4 Å². The third-order valence-corrected chi connectivity index (χ3v) is 22.2. The SMILES string of the molecule is CC[C@H](C)[C@@H]1NC(=O)[C@H](C)N(C)C(=O)C[C@@H](C(=O)N2CCCCC2)N(C)C(=O)[C@H](C(C)C)N(C)C(=O)C2(CCCC2)NC(=O)[C@@H]2CCCN2C(=O)[C@H](CCC2CCC(F)CC2)NC(=O)CN(C)C(=O)[C@H](CC2CCCCC2)N(C)C(=O)[C@@H]2CCN2C(=O)[C@H](C)N(C)C1=O. The Morgan fingerprint density at radius 2 is 1.18 bits per heavy atom. The highest BCUT2D eigenvalue weighted by atomic mass is 19.1. The molecule has 25 heteroatoms. The Labute approximate surface area is 551 Å². The number of alkyl halides is 1. The molecule has 3 aliphatic carbocycles. The molecule has 7 fully saturated rings. The summed E-state index contributed by atoms with van der Waals surface area (Å²) in [5.41, 5.74) is -1.49. The number of piperidine rings is 1.